The Morgan fingerprint density at radius 1 is 1.27 bits per heavy atom. The van der Waals surface area contributed by atoms with E-state index in [9.17, 15) is 4.79 Å². The summed E-state index contributed by atoms with van der Waals surface area (Å²) in [5.74, 6) is -0.0130. The third-order valence-electron chi connectivity index (χ3n) is 5.98. The number of fused-ring (bicyclic) bond motifs is 2. The number of aromatic nitrogens is 4. The SMILES string of the molecule is C=CC(=O)N1CCC[C@H](n2cc(-c3cnc4ccccc4c3)c3c(C)ncnc32)C1.[HH]. The first-order valence-corrected chi connectivity index (χ1v) is 10.2. The number of aryl methyl sites for hydroxylation is 1. The van der Waals surface area contributed by atoms with Crippen LogP contribution in [0.1, 0.15) is 26.0 Å². The molecule has 4 heterocycles. The zero-order valence-electron chi connectivity index (χ0n) is 17.0. The van der Waals surface area contributed by atoms with Crippen molar-refractivity contribution in [2.75, 3.05) is 13.1 Å². The van der Waals surface area contributed by atoms with E-state index in [1.165, 1.54) is 6.08 Å². The Morgan fingerprint density at radius 3 is 3.00 bits per heavy atom. The fraction of sp³-hybridized carbons (Fsp3) is 0.250. The minimum absolute atomic E-state index is 0. The zero-order valence-corrected chi connectivity index (χ0v) is 17.0. The van der Waals surface area contributed by atoms with Crippen molar-refractivity contribution >= 4 is 27.8 Å². The Balaban J connectivity index is 0.00000231. The number of carbonyl (C=O) groups excluding carboxylic acids is 1. The van der Waals surface area contributed by atoms with Crippen molar-refractivity contribution in [2.24, 2.45) is 0 Å². The second-order valence-corrected chi connectivity index (χ2v) is 7.81. The number of hydrogen-bond donors (Lipinski definition) is 0. The van der Waals surface area contributed by atoms with Gasteiger partial charge in [-0.05, 0) is 38.0 Å². The van der Waals surface area contributed by atoms with Crippen molar-refractivity contribution in [2.45, 2.75) is 25.8 Å². The number of likely N-dealkylation sites (tertiary alicyclic amines) is 1. The second-order valence-electron chi connectivity index (χ2n) is 7.81. The molecule has 6 nitrogen and oxygen atoms in total. The highest BCUT2D eigenvalue weighted by Crippen LogP contribution is 2.35. The molecule has 3 aromatic heterocycles. The molecule has 1 fully saturated rings. The van der Waals surface area contributed by atoms with Crippen molar-refractivity contribution in [3.05, 3.63) is 67.4 Å². The fourth-order valence-electron chi connectivity index (χ4n) is 4.46. The van der Waals surface area contributed by atoms with Gasteiger partial charge in [0.15, 0.2) is 0 Å². The molecule has 6 heteroatoms. The van der Waals surface area contributed by atoms with Gasteiger partial charge in [-0.3, -0.25) is 9.78 Å². The van der Waals surface area contributed by atoms with E-state index in [-0.39, 0.29) is 13.4 Å². The maximum absolute atomic E-state index is 12.2. The minimum Gasteiger partial charge on any atom is -0.337 e. The van der Waals surface area contributed by atoms with Gasteiger partial charge in [-0.25, -0.2) is 9.97 Å². The van der Waals surface area contributed by atoms with Gasteiger partial charge in [0.1, 0.15) is 12.0 Å². The number of amides is 1. The number of rotatable bonds is 3. The lowest BCUT2D eigenvalue weighted by molar-refractivity contribution is -0.127. The van der Waals surface area contributed by atoms with E-state index in [4.69, 9.17) is 0 Å². The molecule has 1 atom stereocenters. The van der Waals surface area contributed by atoms with Crippen LogP contribution in [0.5, 0.6) is 0 Å². The predicted octanol–water partition coefficient (Wildman–Crippen LogP) is 4.55. The van der Waals surface area contributed by atoms with Crippen LogP contribution in [-0.2, 0) is 4.79 Å². The molecule has 0 aliphatic carbocycles. The lowest BCUT2D eigenvalue weighted by atomic mass is 10.0. The van der Waals surface area contributed by atoms with Crippen LogP contribution in [0.25, 0.3) is 33.1 Å². The Morgan fingerprint density at radius 2 is 2.13 bits per heavy atom. The lowest BCUT2D eigenvalue weighted by Gasteiger charge is -2.33. The van der Waals surface area contributed by atoms with Crippen LogP contribution in [0, 0.1) is 6.92 Å². The third kappa shape index (κ3) is 3.05. The van der Waals surface area contributed by atoms with Crippen LogP contribution >= 0.6 is 0 Å². The second kappa shape index (κ2) is 7.37. The summed E-state index contributed by atoms with van der Waals surface area (Å²) in [5, 5.41) is 2.15. The zero-order chi connectivity index (χ0) is 20.7. The van der Waals surface area contributed by atoms with Crippen molar-refractivity contribution in [1.82, 2.24) is 24.4 Å². The van der Waals surface area contributed by atoms with Gasteiger partial charge in [-0.2, -0.15) is 0 Å². The molecule has 1 aliphatic heterocycles. The van der Waals surface area contributed by atoms with Gasteiger partial charge in [-0.1, -0.05) is 24.8 Å². The number of nitrogens with zero attached hydrogens (tertiary/aromatic N) is 5. The van der Waals surface area contributed by atoms with Gasteiger partial charge in [0, 0.05) is 48.8 Å². The summed E-state index contributed by atoms with van der Waals surface area (Å²) in [5.41, 5.74) is 4.95. The summed E-state index contributed by atoms with van der Waals surface area (Å²) >= 11 is 0. The van der Waals surface area contributed by atoms with Gasteiger partial charge in [0.25, 0.3) is 0 Å². The monoisotopic (exact) mass is 399 g/mol. The number of benzene rings is 1. The molecule has 4 aromatic rings. The van der Waals surface area contributed by atoms with Crippen molar-refractivity contribution in [3.8, 4) is 11.1 Å². The molecule has 1 amide bonds. The molecule has 1 aromatic carbocycles. The molecule has 30 heavy (non-hydrogen) atoms. The van der Waals surface area contributed by atoms with E-state index in [1.54, 1.807) is 6.33 Å². The highest BCUT2D eigenvalue weighted by Gasteiger charge is 2.26. The van der Waals surface area contributed by atoms with Crippen LogP contribution in [0.3, 0.4) is 0 Å². The van der Waals surface area contributed by atoms with E-state index in [0.717, 1.165) is 58.1 Å². The number of carbonyl (C=O) groups is 1. The molecule has 0 spiro atoms. The number of pyridine rings is 1. The van der Waals surface area contributed by atoms with Crippen molar-refractivity contribution in [1.29, 1.82) is 0 Å². The first-order chi connectivity index (χ1) is 14.7. The summed E-state index contributed by atoms with van der Waals surface area (Å²) in [6, 6.07) is 10.5. The summed E-state index contributed by atoms with van der Waals surface area (Å²) in [6.07, 6.45) is 9.05. The predicted molar refractivity (Wildman–Crippen MR) is 120 cm³/mol. The highest BCUT2D eigenvalue weighted by molar-refractivity contribution is 5.97. The number of piperidine rings is 1. The largest absolute Gasteiger partial charge is 0.337 e. The molecule has 5 rings (SSSR count). The first-order valence-electron chi connectivity index (χ1n) is 10.2. The molecule has 0 N–H and O–H groups in total. The Labute approximate surface area is 176 Å². The Kier molecular flexibility index (Phi) is 4.54. The van der Waals surface area contributed by atoms with Gasteiger partial charge < -0.3 is 9.47 Å². The highest BCUT2D eigenvalue weighted by atomic mass is 16.2. The fourth-order valence-corrected chi connectivity index (χ4v) is 4.46. The minimum atomic E-state index is -0.0130. The molecule has 0 saturated carbocycles. The van der Waals surface area contributed by atoms with E-state index in [2.05, 4.69) is 44.4 Å². The van der Waals surface area contributed by atoms with E-state index in [1.807, 2.05) is 36.2 Å². The molecular formula is C24H25N5O. The normalized spacial score (nSPS) is 16.8. The van der Waals surface area contributed by atoms with Crippen LogP contribution in [0.2, 0.25) is 0 Å². The molecule has 0 unspecified atom stereocenters. The van der Waals surface area contributed by atoms with Gasteiger partial charge >= 0.3 is 0 Å². The molecule has 0 bridgehead atoms. The van der Waals surface area contributed by atoms with Crippen molar-refractivity contribution < 1.29 is 6.22 Å². The Bertz CT molecular complexity index is 1280. The number of para-hydroxylation sites is 1. The molecular weight excluding hydrogens is 374 g/mol. The molecule has 0 radical (unpaired) electrons. The average Bonchev–Trinajstić information content (AvgIpc) is 3.19. The summed E-state index contributed by atoms with van der Waals surface area (Å²) in [6.45, 7) is 7.09. The average molecular weight is 399 g/mol. The van der Waals surface area contributed by atoms with Crippen molar-refractivity contribution in [3.63, 3.8) is 0 Å². The van der Waals surface area contributed by atoms with Gasteiger partial charge in [0.2, 0.25) is 5.91 Å². The van der Waals surface area contributed by atoms with Gasteiger partial charge in [0.05, 0.1) is 17.3 Å². The van der Waals surface area contributed by atoms with E-state index in [0.29, 0.717) is 6.54 Å². The van der Waals surface area contributed by atoms with Crippen LogP contribution < -0.4 is 0 Å². The quantitative estimate of drug-likeness (QED) is 0.474. The van der Waals surface area contributed by atoms with Crippen LogP contribution in [0.4, 0.5) is 0 Å². The molecule has 1 saturated heterocycles. The lowest BCUT2D eigenvalue weighted by Crippen LogP contribution is -2.39. The molecule has 1 aliphatic rings. The van der Waals surface area contributed by atoms with E-state index >= 15 is 0 Å². The topological polar surface area (TPSA) is 63.9 Å². The standard InChI is InChI=1S/C24H23N5O.H2/c1-3-22(30)28-10-6-8-19(13-28)29-14-20(23-16(2)26-15-27-24(23)29)18-11-17-7-4-5-9-21(17)25-12-18;/h3-5,7,9,11-12,14-15,19H,1,6,8,10,13H2,2H3;1H/t19-;/m0./s1. The Hall–Kier alpha value is -3.54. The van der Waals surface area contributed by atoms with Crippen LogP contribution in [-0.4, -0.2) is 43.4 Å². The first kappa shape index (κ1) is 18.5. The number of hydrogen-bond acceptors (Lipinski definition) is 4. The smallest absolute Gasteiger partial charge is 0.246 e. The summed E-state index contributed by atoms with van der Waals surface area (Å²) in [4.78, 5) is 27.8. The van der Waals surface area contributed by atoms with Crippen LogP contribution in [0.15, 0.2) is 61.7 Å². The van der Waals surface area contributed by atoms with E-state index < -0.39 is 0 Å². The molecule has 152 valence electrons. The summed E-state index contributed by atoms with van der Waals surface area (Å²) in [7, 11) is 0. The maximum Gasteiger partial charge on any atom is 0.246 e. The maximum atomic E-state index is 12.2. The third-order valence-corrected chi connectivity index (χ3v) is 5.98. The van der Waals surface area contributed by atoms with Gasteiger partial charge in [-0.15, -0.1) is 0 Å². The summed E-state index contributed by atoms with van der Waals surface area (Å²) < 4.78 is 2.22.